The molecule has 0 radical (unpaired) electrons. The van der Waals surface area contributed by atoms with Crippen LogP contribution < -0.4 is 4.74 Å². The van der Waals surface area contributed by atoms with Crippen LogP contribution in [0.2, 0.25) is 0 Å². The molecule has 2 atom stereocenters. The number of hydrogen-bond acceptors (Lipinski definition) is 4. The molecule has 0 aliphatic carbocycles. The number of rotatable bonds is 5. The summed E-state index contributed by atoms with van der Waals surface area (Å²) >= 11 is 0. The molecule has 1 fully saturated rings. The lowest BCUT2D eigenvalue weighted by Gasteiger charge is -2.37. The minimum Gasteiger partial charge on any atom is -0.496 e. The van der Waals surface area contributed by atoms with Crippen LogP contribution in [0.15, 0.2) is 24.3 Å². The van der Waals surface area contributed by atoms with E-state index < -0.39 is 5.97 Å². The quantitative estimate of drug-likeness (QED) is 0.892. The van der Waals surface area contributed by atoms with Gasteiger partial charge >= 0.3 is 5.97 Å². The van der Waals surface area contributed by atoms with Gasteiger partial charge in [0.05, 0.1) is 26.2 Å². The molecule has 1 saturated heterocycles. The van der Waals surface area contributed by atoms with Gasteiger partial charge in [0.1, 0.15) is 5.75 Å². The predicted molar refractivity (Wildman–Crippen MR) is 75.0 cm³/mol. The van der Waals surface area contributed by atoms with Gasteiger partial charge < -0.3 is 14.6 Å². The molecule has 1 aliphatic heterocycles. The normalized spacial score (nSPS) is 21.4. The Morgan fingerprint density at radius 1 is 1.55 bits per heavy atom. The minimum atomic E-state index is -0.818. The van der Waals surface area contributed by atoms with Gasteiger partial charge in [0.2, 0.25) is 0 Å². The zero-order chi connectivity index (χ0) is 14.5. The number of benzene rings is 1. The number of aliphatic carboxylic acids is 1. The van der Waals surface area contributed by atoms with Crippen molar-refractivity contribution < 1.29 is 19.4 Å². The molecule has 110 valence electrons. The van der Waals surface area contributed by atoms with E-state index in [1.807, 2.05) is 24.3 Å². The van der Waals surface area contributed by atoms with E-state index >= 15 is 0 Å². The summed E-state index contributed by atoms with van der Waals surface area (Å²) in [4.78, 5) is 13.0. The first-order valence-corrected chi connectivity index (χ1v) is 6.82. The fraction of sp³-hybridized carbons (Fsp3) is 0.533. The van der Waals surface area contributed by atoms with E-state index in [0.717, 1.165) is 17.9 Å². The summed E-state index contributed by atoms with van der Waals surface area (Å²) in [6, 6.07) is 8.10. The van der Waals surface area contributed by atoms with Crippen LogP contribution in [0.5, 0.6) is 5.75 Å². The summed E-state index contributed by atoms with van der Waals surface area (Å²) in [6.45, 7) is 4.11. The van der Waals surface area contributed by atoms with Crippen LogP contribution in [0.4, 0.5) is 0 Å². The highest BCUT2D eigenvalue weighted by atomic mass is 16.5. The molecule has 0 spiro atoms. The average molecular weight is 279 g/mol. The van der Waals surface area contributed by atoms with Gasteiger partial charge in [-0.25, -0.2) is 0 Å². The molecule has 1 aliphatic rings. The van der Waals surface area contributed by atoms with Gasteiger partial charge in [0, 0.05) is 24.7 Å². The highest BCUT2D eigenvalue weighted by molar-refractivity contribution is 5.67. The number of carbonyl (C=O) groups is 1. The summed E-state index contributed by atoms with van der Waals surface area (Å²) in [5.41, 5.74) is 1.12. The van der Waals surface area contributed by atoms with Gasteiger partial charge in [-0.1, -0.05) is 18.2 Å². The molecule has 0 aromatic heterocycles. The van der Waals surface area contributed by atoms with Gasteiger partial charge in [-0.05, 0) is 13.0 Å². The van der Waals surface area contributed by atoms with Crippen molar-refractivity contribution in [2.75, 3.05) is 26.8 Å². The van der Waals surface area contributed by atoms with Crippen LogP contribution in [0.25, 0.3) is 0 Å². The highest BCUT2D eigenvalue weighted by Gasteiger charge is 2.27. The second-order valence-corrected chi connectivity index (χ2v) is 5.00. The lowest BCUT2D eigenvalue weighted by molar-refractivity contribution is -0.142. The van der Waals surface area contributed by atoms with Crippen molar-refractivity contribution >= 4 is 5.97 Å². The second kappa shape index (κ2) is 6.72. The Balaban J connectivity index is 2.08. The monoisotopic (exact) mass is 279 g/mol. The Labute approximate surface area is 119 Å². The summed E-state index contributed by atoms with van der Waals surface area (Å²) in [6.07, 6.45) is -0.187. The van der Waals surface area contributed by atoms with Crippen LogP contribution in [0.1, 0.15) is 24.9 Å². The fourth-order valence-corrected chi connectivity index (χ4v) is 2.62. The first-order chi connectivity index (χ1) is 9.61. The van der Waals surface area contributed by atoms with Crippen LogP contribution in [0, 0.1) is 0 Å². The molecule has 1 aromatic rings. The number of carboxylic acid groups (broad SMARTS) is 1. The van der Waals surface area contributed by atoms with Gasteiger partial charge in [-0.15, -0.1) is 0 Å². The lowest BCUT2D eigenvalue weighted by Crippen LogP contribution is -2.44. The fourth-order valence-electron chi connectivity index (χ4n) is 2.62. The number of methoxy groups -OCH3 is 1. The predicted octanol–water partition coefficient (Wildman–Crippen LogP) is 1.93. The largest absolute Gasteiger partial charge is 0.496 e. The zero-order valence-electron chi connectivity index (χ0n) is 11.9. The molecule has 2 unspecified atom stereocenters. The lowest BCUT2D eigenvalue weighted by atomic mass is 10.0. The van der Waals surface area contributed by atoms with Gasteiger partial charge in [-0.3, -0.25) is 9.69 Å². The van der Waals surface area contributed by atoms with E-state index in [0.29, 0.717) is 13.2 Å². The maximum absolute atomic E-state index is 10.8. The zero-order valence-corrected chi connectivity index (χ0v) is 11.9. The number of nitrogens with zero attached hydrogens (tertiary/aromatic N) is 1. The molecule has 2 rings (SSSR count). The standard InChI is InChI=1S/C15H21NO4/c1-11(13-5-3-4-6-14(13)19-2)16-7-8-20-12(10-16)9-15(17)18/h3-6,11-12H,7-10H2,1-2H3,(H,17,18). The number of ether oxygens (including phenoxy) is 2. The molecule has 0 amide bonds. The number of para-hydroxylation sites is 1. The van der Waals surface area contributed by atoms with Crippen molar-refractivity contribution in [1.82, 2.24) is 4.90 Å². The summed E-state index contributed by atoms with van der Waals surface area (Å²) in [5, 5.41) is 8.87. The Kier molecular flexibility index (Phi) is 4.98. The van der Waals surface area contributed by atoms with Crippen LogP contribution in [-0.2, 0) is 9.53 Å². The maximum Gasteiger partial charge on any atom is 0.306 e. The third-order valence-electron chi connectivity index (χ3n) is 3.71. The molecular formula is C15H21NO4. The summed E-state index contributed by atoms with van der Waals surface area (Å²) in [5.74, 6) is 0.0445. The second-order valence-electron chi connectivity index (χ2n) is 5.00. The van der Waals surface area contributed by atoms with E-state index in [9.17, 15) is 4.79 Å². The van der Waals surface area contributed by atoms with Crippen LogP contribution in [0.3, 0.4) is 0 Å². The molecule has 0 bridgehead atoms. The molecule has 1 aromatic carbocycles. The Morgan fingerprint density at radius 3 is 3.00 bits per heavy atom. The average Bonchev–Trinajstić information content (AvgIpc) is 2.46. The van der Waals surface area contributed by atoms with Crippen molar-refractivity contribution in [2.45, 2.75) is 25.5 Å². The van der Waals surface area contributed by atoms with Crippen molar-refractivity contribution in [1.29, 1.82) is 0 Å². The first-order valence-electron chi connectivity index (χ1n) is 6.82. The van der Waals surface area contributed by atoms with E-state index in [4.69, 9.17) is 14.6 Å². The van der Waals surface area contributed by atoms with Crippen LogP contribution >= 0.6 is 0 Å². The third-order valence-corrected chi connectivity index (χ3v) is 3.71. The molecule has 20 heavy (non-hydrogen) atoms. The maximum atomic E-state index is 10.8. The molecule has 1 heterocycles. The summed E-state index contributed by atoms with van der Waals surface area (Å²) < 4.78 is 10.9. The number of morpholine rings is 1. The van der Waals surface area contributed by atoms with Gasteiger partial charge in [0.15, 0.2) is 0 Å². The van der Waals surface area contributed by atoms with Crippen molar-refractivity contribution in [2.24, 2.45) is 0 Å². The molecule has 5 heteroatoms. The minimum absolute atomic E-state index is 0.0507. The van der Waals surface area contributed by atoms with E-state index in [1.54, 1.807) is 7.11 Å². The van der Waals surface area contributed by atoms with Crippen molar-refractivity contribution in [3.8, 4) is 5.75 Å². The Hall–Kier alpha value is -1.59. The molecule has 5 nitrogen and oxygen atoms in total. The van der Waals surface area contributed by atoms with E-state index in [2.05, 4.69) is 11.8 Å². The topological polar surface area (TPSA) is 59.0 Å². The number of hydrogen-bond donors (Lipinski definition) is 1. The van der Waals surface area contributed by atoms with Crippen LogP contribution in [-0.4, -0.2) is 48.9 Å². The molecular weight excluding hydrogens is 258 g/mol. The SMILES string of the molecule is COc1ccccc1C(C)N1CCOC(CC(=O)O)C1. The first kappa shape index (κ1) is 14.8. The van der Waals surface area contributed by atoms with E-state index in [-0.39, 0.29) is 18.6 Å². The van der Waals surface area contributed by atoms with E-state index in [1.165, 1.54) is 0 Å². The molecule has 0 saturated carbocycles. The Bertz CT molecular complexity index is 463. The smallest absolute Gasteiger partial charge is 0.306 e. The van der Waals surface area contributed by atoms with Crippen molar-refractivity contribution in [3.05, 3.63) is 29.8 Å². The third kappa shape index (κ3) is 3.49. The number of carboxylic acids is 1. The summed E-state index contributed by atoms with van der Waals surface area (Å²) in [7, 11) is 1.66. The Morgan fingerprint density at radius 2 is 2.30 bits per heavy atom. The molecule has 1 N–H and O–H groups in total. The van der Waals surface area contributed by atoms with Crippen molar-refractivity contribution in [3.63, 3.8) is 0 Å². The van der Waals surface area contributed by atoms with Gasteiger partial charge in [0.25, 0.3) is 0 Å². The van der Waals surface area contributed by atoms with Gasteiger partial charge in [-0.2, -0.15) is 0 Å². The highest BCUT2D eigenvalue weighted by Crippen LogP contribution is 2.30.